The summed E-state index contributed by atoms with van der Waals surface area (Å²) in [6.07, 6.45) is -4.75. The van der Waals surface area contributed by atoms with E-state index in [1.807, 2.05) is 0 Å². The molecule has 0 amide bonds. The zero-order chi connectivity index (χ0) is 17.7. The molecule has 2 aromatic rings. The molecule has 0 aromatic heterocycles. The fourth-order valence-corrected chi connectivity index (χ4v) is 1.90. The minimum absolute atomic E-state index is 0.311. The fraction of sp³-hybridized carbons (Fsp3) is 0.235. The molecule has 128 valence electrons. The SMILES string of the molecule is COC(=S)C(C)Oc1ccc(Oc2ccc(C(F)(F)F)cc2)cc1. The molecule has 0 bridgehead atoms. The molecule has 0 spiro atoms. The molecule has 0 radical (unpaired) electrons. The Morgan fingerprint density at radius 2 is 1.38 bits per heavy atom. The molecule has 0 N–H and O–H groups in total. The van der Waals surface area contributed by atoms with E-state index < -0.39 is 11.7 Å². The van der Waals surface area contributed by atoms with Gasteiger partial charge in [-0.1, -0.05) is 0 Å². The second-order valence-corrected chi connectivity index (χ2v) is 5.28. The van der Waals surface area contributed by atoms with E-state index in [9.17, 15) is 13.2 Å². The summed E-state index contributed by atoms with van der Waals surface area (Å²) >= 11 is 4.97. The summed E-state index contributed by atoms with van der Waals surface area (Å²) in [7, 11) is 1.48. The number of hydrogen-bond acceptors (Lipinski definition) is 4. The van der Waals surface area contributed by atoms with Crippen LogP contribution in [-0.4, -0.2) is 18.3 Å². The summed E-state index contributed by atoms with van der Waals surface area (Å²) in [6, 6.07) is 11.1. The Bertz CT molecular complexity index is 682. The molecular formula is C17H15F3O3S. The third kappa shape index (κ3) is 4.86. The van der Waals surface area contributed by atoms with Gasteiger partial charge in [0.05, 0.1) is 12.7 Å². The Balaban J connectivity index is 2.00. The molecule has 0 saturated carbocycles. The van der Waals surface area contributed by atoms with Crippen molar-refractivity contribution in [1.29, 1.82) is 0 Å². The van der Waals surface area contributed by atoms with Gasteiger partial charge >= 0.3 is 6.18 Å². The van der Waals surface area contributed by atoms with Gasteiger partial charge in [0.1, 0.15) is 17.2 Å². The molecule has 2 aromatic carbocycles. The van der Waals surface area contributed by atoms with Crippen LogP contribution in [-0.2, 0) is 10.9 Å². The van der Waals surface area contributed by atoms with Gasteiger partial charge in [0.15, 0.2) is 11.2 Å². The molecule has 7 heteroatoms. The van der Waals surface area contributed by atoms with E-state index in [0.717, 1.165) is 12.1 Å². The van der Waals surface area contributed by atoms with E-state index in [2.05, 4.69) is 0 Å². The van der Waals surface area contributed by atoms with Crippen molar-refractivity contribution >= 4 is 17.3 Å². The van der Waals surface area contributed by atoms with Crippen LogP contribution in [0.5, 0.6) is 17.2 Å². The standard InChI is InChI=1S/C17H15F3O3S/c1-11(16(24)21-2)22-13-7-9-15(10-8-13)23-14-5-3-12(4-6-14)17(18,19)20/h3-11H,1-2H3. The number of benzene rings is 2. The predicted molar refractivity (Wildman–Crippen MR) is 87.7 cm³/mol. The Labute approximate surface area is 143 Å². The van der Waals surface area contributed by atoms with Gasteiger partial charge in [0.25, 0.3) is 0 Å². The van der Waals surface area contributed by atoms with E-state index in [1.165, 1.54) is 19.2 Å². The minimum Gasteiger partial charge on any atom is -0.487 e. The first-order valence-corrected chi connectivity index (χ1v) is 7.40. The summed E-state index contributed by atoms with van der Waals surface area (Å²) in [6.45, 7) is 1.76. The van der Waals surface area contributed by atoms with Crippen LogP contribution in [0.3, 0.4) is 0 Å². The maximum absolute atomic E-state index is 12.5. The van der Waals surface area contributed by atoms with Crippen LogP contribution >= 0.6 is 12.2 Å². The summed E-state index contributed by atoms with van der Waals surface area (Å²) in [4.78, 5) is 0. The molecule has 1 unspecified atom stereocenters. The van der Waals surface area contributed by atoms with Crippen molar-refractivity contribution in [2.24, 2.45) is 0 Å². The van der Waals surface area contributed by atoms with Gasteiger partial charge in [-0.25, -0.2) is 0 Å². The molecule has 0 heterocycles. The third-order valence-corrected chi connectivity index (χ3v) is 3.59. The Morgan fingerprint density at radius 3 is 1.83 bits per heavy atom. The predicted octanol–water partition coefficient (Wildman–Crippen LogP) is 5.24. The van der Waals surface area contributed by atoms with Gasteiger partial charge in [0, 0.05) is 0 Å². The molecule has 3 nitrogen and oxygen atoms in total. The molecular weight excluding hydrogens is 341 g/mol. The first kappa shape index (κ1) is 18.1. The first-order valence-electron chi connectivity index (χ1n) is 6.99. The van der Waals surface area contributed by atoms with Crippen LogP contribution < -0.4 is 9.47 Å². The molecule has 0 saturated heterocycles. The van der Waals surface area contributed by atoms with Crippen LogP contribution in [0.25, 0.3) is 0 Å². The molecule has 1 atom stereocenters. The summed E-state index contributed by atoms with van der Waals surface area (Å²) in [5.41, 5.74) is -0.721. The largest absolute Gasteiger partial charge is 0.487 e. The van der Waals surface area contributed by atoms with Crippen molar-refractivity contribution in [2.75, 3.05) is 7.11 Å². The zero-order valence-corrected chi connectivity index (χ0v) is 13.8. The van der Waals surface area contributed by atoms with Crippen LogP contribution in [0, 0.1) is 0 Å². The molecule has 24 heavy (non-hydrogen) atoms. The van der Waals surface area contributed by atoms with Crippen molar-refractivity contribution in [2.45, 2.75) is 19.2 Å². The van der Waals surface area contributed by atoms with Gasteiger partial charge < -0.3 is 14.2 Å². The zero-order valence-electron chi connectivity index (χ0n) is 13.0. The lowest BCUT2D eigenvalue weighted by molar-refractivity contribution is -0.137. The van der Waals surface area contributed by atoms with E-state index >= 15 is 0 Å². The number of rotatable bonds is 5. The smallest absolute Gasteiger partial charge is 0.416 e. The maximum atomic E-state index is 12.5. The monoisotopic (exact) mass is 356 g/mol. The third-order valence-electron chi connectivity index (χ3n) is 3.09. The van der Waals surface area contributed by atoms with E-state index in [-0.39, 0.29) is 6.10 Å². The number of halogens is 3. The van der Waals surface area contributed by atoms with Crippen molar-refractivity contribution in [3.05, 3.63) is 54.1 Å². The number of hydrogen-bond donors (Lipinski definition) is 0. The van der Waals surface area contributed by atoms with E-state index in [4.69, 9.17) is 26.4 Å². The highest BCUT2D eigenvalue weighted by molar-refractivity contribution is 7.80. The molecule has 2 rings (SSSR count). The quantitative estimate of drug-likeness (QED) is 0.685. The number of methoxy groups -OCH3 is 1. The van der Waals surface area contributed by atoms with Crippen molar-refractivity contribution in [3.63, 3.8) is 0 Å². The summed E-state index contributed by atoms with van der Waals surface area (Å²) in [5.74, 6) is 1.36. The van der Waals surface area contributed by atoms with Crippen LogP contribution in [0.15, 0.2) is 48.5 Å². The van der Waals surface area contributed by atoms with E-state index in [0.29, 0.717) is 22.3 Å². The molecule has 0 aliphatic rings. The number of alkyl halides is 3. The second-order valence-electron chi connectivity index (χ2n) is 4.88. The van der Waals surface area contributed by atoms with Crippen LogP contribution in [0.4, 0.5) is 13.2 Å². The minimum atomic E-state index is -4.36. The van der Waals surface area contributed by atoms with E-state index in [1.54, 1.807) is 31.2 Å². The fourth-order valence-electron chi connectivity index (χ4n) is 1.85. The highest BCUT2D eigenvalue weighted by Crippen LogP contribution is 2.31. The van der Waals surface area contributed by atoms with Crippen molar-refractivity contribution < 1.29 is 27.4 Å². The van der Waals surface area contributed by atoms with Gasteiger partial charge in [-0.15, -0.1) is 0 Å². The van der Waals surface area contributed by atoms with Gasteiger partial charge in [0.2, 0.25) is 0 Å². The second kappa shape index (κ2) is 7.53. The lowest BCUT2D eigenvalue weighted by Gasteiger charge is -2.15. The molecule has 0 fully saturated rings. The first-order chi connectivity index (χ1) is 11.3. The lowest BCUT2D eigenvalue weighted by Crippen LogP contribution is -2.23. The number of thiocarbonyl (C=S) groups is 1. The summed E-state index contributed by atoms with van der Waals surface area (Å²) < 4.78 is 53.5. The van der Waals surface area contributed by atoms with Gasteiger partial charge in [-0.2, -0.15) is 13.2 Å². The Kier molecular flexibility index (Phi) is 5.66. The average Bonchev–Trinajstić information content (AvgIpc) is 2.55. The summed E-state index contributed by atoms with van der Waals surface area (Å²) in [5, 5.41) is 0.333. The van der Waals surface area contributed by atoms with Gasteiger partial charge in [-0.05, 0) is 67.7 Å². The molecule has 0 aliphatic carbocycles. The average molecular weight is 356 g/mol. The highest BCUT2D eigenvalue weighted by Gasteiger charge is 2.30. The maximum Gasteiger partial charge on any atom is 0.416 e. The van der Waals surface area contributed by atoms with Crippen molar-refractivity contribution in [1.82, 2.24) is 0 Å². The Morgan fingerprint density at radius 1 is 0.917 bits per heavy atom. The normalized spacial score (nSPS) is 12.4. The highest BCUT2D eigenvalue weighted by atomic mass is 32.1. The van der Waals surface area contributed by atoms with Crippen LogP contribution in [0.2, 0.25) is 0 Å². The van der Waals surface area contributed by atoms with Crippen LogP contribution in [0.1, 0.15) is 12.5 Å². The Hall–Kier alpha value is -2.28. The van der Waals surface area contributed by atoms with Crippen molar-refractivity contribution in [3.8, 4) is 17.2 Å². The lowest BCUT2D eigenvalue weighted by atomic mass is 10.2. The van der Waals surface area contributed by atoms with Gasteiger partial charge in [-0.3, -0.25) is 0 Å². The topological polar surface area (TPSA) is 27.7 Å². The number of ether oxygens (including phenoxy) is 3. The molecule has 0 aliphatic heterocycles.